The van der Waals surface area contributed by atoms with E-state index in [9.17, 15) is 18.0 Å². The standard InChI is InChI=1S/C19H18ClF3N2O3/c20-14-4-5-17(25-6-8-27-9-7-25)16(11-14)24-18(26)12-28-15-3-1-2-13(10-15)19(21,22)23/h1-5,10-11H,6-9,12H2,(H,24,26). The van der Waals surface area contributed by atoms with Gasteiger partial charge in [0.15, 0.2) is 6.61 Å². The fourth-order valence-corrected chi connectivity index (χ4v) is 2.96. The molecule has 0 radical (unpaired) electrons. The number of nitrogens with one attached hydrogen (secondary N) is 1. The van der Waals surface area contributed by atoms with E-state index in [4.69, 9.17) is 21.1 Å². The number of benzene rings is 2. The highest BCUT2D eigenvalue weighted by Crippen LogP contribution is 2.32. The number of hydrogen-bond donors (Lipinski definition) is 1. The maximum atomic E-state index is 12.8. The van der Waals surface area contributed by atoms with Crippen LogP contribution in [-0.4, -0.2) is 38.8 Å². The summed E-state index contributed by atoms with van der Waals surface area (Å²) in [4.78, 5) is 14.3. The van der Waals surface area contributed by atoms with Crippen LogP contribution in [0.25, 0.3) is 0 Å². The number of nitrogens with zero attached hydrogens (tertiary/aromatic N) is 1. The largest absolute Gasteiger partial charge is 0.484 e. The number of anilines is 2. The minimum Gasteiger partial charge on any atom is -0.484 e. The molecule has 1 amide bonds. The first kappa shape index (κ1) is 20.3. The Morgan fingerprint density at radius 3 is 2.64 bits per heavy atom. The van der Waals surface area contributed by atoms with Crippen molar-refractivity contribution in [2.45, 2.75) is 6.18 Å². The summed E-state index contributed by atoms with van der Waals surface area (Å²) in [5, 5.41) is 3.16. The van der Waals surface area contributed by atoms with E-state index >= 15 is 0 Å². The summed E-state index contributed by atoms with van der Waals surface area (Å²) in [5.41, 5.74) is 0.460. The molecule has 1 aliphatic rings. The summed E-state index contributed by atoms with van der Waals surface area (Å²) in [5.74, 6) is -0.543. The lowest BCUT2D eigenvalue weighted by Crippen LogP contribution is -2.37. The molecule has 2 aromatic carbocycles. The second kappa shape index (κ2) is 8.70. The Morgan fingerprint density at radius 1 is 1.18 bits per heavy atom. The predicted molar refractivity (Wildman–Crippen MR) is 100 cm³/mol. The fraction of sp³-hybridized carbons (Fsp3) is 0.316. The molecule has 150 valence electrons. The van der Waals surface area contributed by atoms with Crippen molar-refractivity contribution in [1.82, 2.24) is 0 Å². The fourth-order valence-electron chi connectivity index (χ4n) is 2.79. The first-order valence-corrected chi connectivity index (χ1v) is 8.93. The van der Waals surface area contributed by atoms with Gasteiger partial charge in [0.05, 0.1) is 30.2 Å². The molecule has 1 aliphatic heterocycles. The number of amides is 1. The van der Waals surface area contributed by atoms with Crippen LogP contribution in [0.5, 0.6) is 5.75 Å². The average Bonchev–Trinajstić information content (AvgIpc) is 2.67. The third-order valence-electron chi connectivity index (χ3n) is 4.12. The Bertz CT molecular complexity index is 839. The van der Waals surface area contributed by atoms with E-state index in [2.05, 4.69) is 10.2 Å². The molecule has 5 nitrogen and oxygen atoms in total. The third-order valence-corrected chi connectivity index (χ3v) is 4.35. The Labute approximate surface area is 165 Å². The van der Waals surface area contributed by atoms with Gasteiger partial charge in [0.1, 0.15) is 5.75 Å². The van der Waals surface area contributed by atoms with Crippen LogP contribution in [0.4, 0.5) is 24.5 Å². The summed E-state index contributed by atoms with van der Waals surface area (Å²) in [6.45, 7) is 2.07. The van der Waals surface area contributed by atoms with Crippen LogP contribution >= 0.6 is 11.6 Å². The molecular weight excluding hydrogens is 397 g/mol. The van der Waals surface area contributed by atoms with E-state index in [1.807, 2.05) is 0 Å². The quantitative estimate of drug-likeness (QED) is 0.796. The van der Waals surface area contributed by atoms with Gasteiger partial charge in [-0.25, -0.2) is 0 Å². The first-order valence-electron chi connectivity index (χ1n) is 8.55. The van der Waals surface area contributed by atoms with E-state index in [0.717, 1.165) is 17.8 Å². The lowest BCUT2D eigenvalue weighted by molar-refractivity contribution is -0.137. The van der Waals surface area contributed by atoms with Gasteiger partial charge in [-0.05, 0) is 36.4 Å². The molecule has 2 aromatic rings. The van der Waals surface area contributed by atoms with Gasteiger partial charge in [0.25, 0.3) is 5.91 Å². The highest BCUT2D eigenvalue weighted by atomic mass is 35.5. The Hall–Kier alpha value is -2.45. The number of hydrogen-bond acceptors (Lipinski definition) is 4. The predicted octanol–water partition coefficient (Wildman–Crippen LogP) is 4.21. The van der Waals surface area contributed by atoms with Crippen LogP contribution in [-0.2, 0) is 15.7 Å². The van der Waals surface area contributed by atoms with E-state index < -0.39 is 24.3 Å². The molecule has 0 atom stereocenters. The van der Waals surface area contributed by atoms with E-state index in [1.54, 1.807) is 18.2 Å². The summed E-state index contributed by atoms with van der Waals surface area (Å²) in [7, 11) is 0. The van der Waals surface area contributed by atoms with Crippen LogP contribution in [0.15, 0.2) is 42.5 Å². The van der Waals surface area contributed by atoms with Crippen molar-refractivity contribution in [3.8, 4) is 5.75 Å². The van der Waals surface area contributed by atoms with Crippen LogP contribution in [0.3, 0.4) is 0 Å². The van der Waals surface area contributed by atoms with Crippen molar-refractivity contribution < 1.29 is 27.4 Å². The maximum Gasteiger partial charge on any atom is 0.416 e. The number of alkyl halides is 3. The van der Waals surface area contributed by atoms with E-state index in [-0.39, 0.29) is 5.75 Å². The minimum absolute atomic E-state index is 0.0375. The van der Waals surface area contributed by atoms with Crippen molar-refractivity contribution in [1.29, 1.82) is 0 Å². The van der Waals surface area contributed by atoms with Crippen molar-refractivity contribution in [2.75, 3.05) is 43.1 Å². The van der Waals surface area contributed by atoms with Gasteiger partial charge in [0, 0.05) is 18.1 Å². The van der Waals surface area contributed by atoms with Gasteiger partial charge in [-0.1, -0.05) is 17.7 Å². The van der Waals surface area contributed by atoms with Gasteiger partial charge in [0.2, 0.25) is 0 Å². The SMILES string of the molecule is O=C(COc1cccc(C(F)(F)F)c1)Nc1cc(Cl)ccc1N1CCOCC1. The van der Waals surface area contributed by atoms with Gasteiger partial charge in [-0.15, -0.1) is 0 Å². The molecule has 1 heterocycles. The molecule has 0 spiro atoms. The Morgan fingerprint density at radius 2 is 1.93 bits per heavy atom. The van der Waals surface area contributed by atoms with Crippen molar-refractivity contribution in [3.05, 3.63) is 53.1 Å². The summed E-state index contributed by atoms with van der Waals surface area (Å²) in [6.07, 6.45) is -4.48. The zero-order valence-corrected chi connectivity index (χ0v) is 15.5. The van der Waals surface area contributed by atoms with E-state index in [0.29, 0.717) is 37.0 Å². The molecule has 0 bridgehead atoms. The molecule has 1 fully saturated rings. The zero-order valence-electron chi connectivity index (χ0n) is 14.8. The van der Waals surface area contributed by atoms with Crippen LogP contribution in [0.1, 0.15) is 5.56 Å². The number of carbonyl (C=O) groups is 1. The molecule has 0 unspecified atom stereocenters. The summed E-state index contributed by atoms with van der Waals surface area (Å²) in [6, 6.07) is 9.52. The second-order valence-electron chi connectivity index (χ2n) is 6.12. The Balaban J connectivity index is 1.66. The molecule has 1 saturated heterocycles. The molecule has 9 heteroatoms. The summed E-state index contributed by atoms with van der Waals surface area (Å²) >= 11 is 6.04. The number of morpholine rings is 1. The van der Waals surface area contributed by atoms with Crippen molar-refractivity contribution in [2.24, 2.45) is 0 Å². The first-order chi connectivity index (χ1) is 13.3. The molecule has 0 aromatic heterocycles. The third kappa shape index (κ3) is 5.30. The van der Waals surface area contributed by atoms with Gasteiger partial charge in [-0.2, -0.15) is 13.2 Å². The molecule has 0 saturated carbocycles. The minimum atomic E-state index is -4.48. The van der Waals surface area contributed by atoms with Gasteiger partial charge >= 0.3 is 6.18 Å². The number of rotatable bonds is 5. The molecule has 3 rings (SSSR count). The van der Waals surface area contributed by atoms with Crippen LogP contribution in [0, 0.1) is 0 Å². The maximum absolute atomic E-state index is 12.8. The zero-order chi connectivity index (χ0) is 20.1. The average molecular weight is 415 g/mol. The normalized spacial score (nSPS) is 14.6. The van der Waals surface area contributed by atoms with Crippen molar-refractivity contribution >= 4 is 28.9 Å². The van der Waals surface area contributed by atoms with E-state index in [1.165, 1.54) is 12.1 Å². The lowest BCUT2D eigenvalue weighted by Gasteiger charge is -2.30. The highest BCUT2D eigenvalue weighted by molar-refractivity contribution is 6.31. The monoisotopic (exact) mass is 414 g/mol. The molecular formula is C19H18ClF3N2O3. The smallest absolute Gasteiger partial charge is 0.416 e. The highest BCUT2D eigenvalue weighted by Gasteiger charge is 2.30. The van der Waals surface area contributed by atoms with Gasteiger partial charge < -0.3 is 19.7 Å². The lowest BCUT2D eigenvalue weighted by atomic mass is 10.2. The number of halogens is 4. The molecule has 1 N–H and O–H groups in total. The topological polar surface area (TPSA) is 50.8 Å². The molecule has 0 aliphatic carbocycles. The van der Waals surface area contributed by atoms with Gasteiger partial charge in [-0.3, -0.25) is 4.79 Å². The van der Waals surface area contributed by atoms with Crippen LogP contribution < -0.4 is 15.0 Å². The number of carbonyl (C=O) groups excluding carboxylic acids is 1. The van der Waals surface area contributed by atoms with Crippen molar-refractivity contribution in [3.63, 3.8) is 0 Å². The molecule has 28 heavy (non-hydrogen) atoms. The Kier molecular flexibility index (Phi) is 6.31. The van der Waals surface area contributed by atoms with Crippen LogP contribution in [0.2, 0.25) is 5.02 Å². The second-order valence-corrected chi connectivity index (χ2v) is 6.56. The summed E-state index contributed by atoms with van der Waals surface area (Å²) < 4.78 is 48.8. The number of ether oxygens (including phenoxy) is 2.